The van der Waals surface area contributed by atoms with Gasteiger partial charge < -0.3 is 10.0 Å². The van der Waals surface area contributed by atoms with Crippen LogP contribution in [0.15, 0.2) is 15.2 Å². The summed E-state index contributed by atoms with van der Waals surface area (Å²) in [5.41, 5.74) is 1.03. The molecule has 0 aromatic carbocycles. The molecule has 16 heavy (non-hydrogen) atoms. The minimum Gasteiger partial charge on any atom is -0.481 e. The van der Waals surface area contributed by atoms with Crippen LogP contribution < -0.4 is 0 Å². The molecule has 1 saturated heterocycles. The summed E-state index contributed by atoms with van der Waals surface area (Å²) < 4.78 is 0.999. The van der Waals surface area contributed by atoms with E-state index in [2.05, 4.69) is 15.9 Å². The van der Waals surface area contributed by atoms with Crippen LogP contribution in [0.25, 0.3) is 0 Å². The van der Waals surface area contributed by atoms with Crippen LogP contribution >= 0.6 is 27.3 Å². The molecule has 1 aliphatic rings. The van der Waals surface area contributed by atoms with Crippen molar-refractivity contribution in [1.82, 2.24) is 4.90 Å². The van der Waals surface area contributed by atoms with Crippen molar-refractivity contribution in [3.63, 3.8) is 0 Å². The van der Waals surface area contributed by atoms with E-state index >= 15 is 0 Å². The highest BCUT2D eigenvalue weighted by Gasteiger charge is 2.34. The molecular formula is C10H10BrNO3S. The summed E-state index contributed by atoms with van der Waals surface area (Å²) in [4.78, 5) is 24.0. The lowest BCUT2D eigenvalue weighted by molar-refractivity contribution is -0.141. The lowest BCUT2D eigenvalue weighted by Crippen LogP contribution is -2.25. The molecule has 1 amide bonds. The number of aliphatic carboxylic acids is 1. The van der Waals surface area contributed by atoms with Gasteiger partial charge in [0.2, 0.25) is 5.91 Å². The first-order valence-electron chi connectivity index (χ1n) is 4.80. The molecule has 1 atom stereocenters. The number of likely N-dealkylation sites (tertiary alicyclic amines) is 1. The molecule has 1 N–H and O–H groups in total. The van der Waals surface area contributed by atoms with Crippen LogP contribution in [0, 0.1) is 5.92 Å². The van der Waals surface area contributed by atoms with E-state index in [-0.39, 0.29) is 12.3 Å². The predicted molar refractivity (Wildman–Crippen MR) is 63.2 cm³/mol. The van der Waals surface area contributed by atoms with E-state index < -0.39 is 11.9 Å². The summed E-state index contributed by atoms with van der Waals surface area (Å²) in [5.74, 6) is -1.52. The van der Waals surface area contributed by atoms with Crippen LogP contribution in [0.1, 0.15) is 12.0 Å². The number of nitrogens with zero attached hydrogens (tertiary/aromatic N) is 1. The monoisotopic (exact) mass is 303 g/mol. The molecule has 2 rings (SSSR count). The molecule has 6 heteroatoms. The fraction of sp³-hybridized carbons (Fsp3) is 0.400. The minimum absolute atomic E-state index is 0.0782. The van der Waals surface area contributed by atoms with E-state index in [1.54, 1.807) is 16.2 Å². The molecule has 0 aliphatic carbocycles. The summed E-state index contributed by atoms with van der Waals surface area (Å²) in [5, 5.41) is 10.8. The molecule has 1 fully saturated rings. The molecule has 0 radical (unpaired) electrons. The Labute approximate surface area is 105 Å². The molecule has 2 heterocycles. The largest absolute Gasteiger partial charge is 0.481 e. The highest BCUT2D eigenvalue weighted by molar-refractivity contribution is 9.11. The molecular weight excluding hydrogens is 294 g/mol. The van der Waals surface area contributed by atoms with Gasteiger partial charge in [0.15, 0.2) is 0 Å². The van der Waals surface area contributed by atoms with Gasteiger partial charge in [-0.05, 0) is 32.9 Å². The number of thiophene rings is 1. The molecule has 0 saturated carbocycles. The average molecular weight is 304 g/mol. The zero-order valence-corrected chi connectivity index (χ0v) is 10.8. The molecule has 86 valence electrons. The average Bonchev–Trinajstić information content (AvgIpc) is 2.76. The first-order chi connectivity index (χ1) is 7.58. The zero-order valence-electron chi connectivity index (χ0n) is 8.35. The second-order valence-corrected chi connectivity index (χ2v) is 5.97. The number of hydrogen-bond acceptors (Lipinski definition) is 3. The van der Waals surface area contributed by atoms with Gasteiger partial charge in [0.05, 0.1) is 9.70 Å². The van der Waals surface area contributed by atoms with Crippen LogP contribution in [0.2, 0.25) is 0 Å². The van der Waals surface area contributed by atoms with Crippen molar-refractivity contribution < 1.29 is 14.7 Å². The highest BCUT2D eigenvalue weighted by Crippen LogP contribution is 2.27. The van der Waals surface area contributed by atoms with Crippen LogP contribution in [0.3, 0.4) is 0 Å². The van der Waals surface area contributed by atoms with E-state index in [1.165, 1.54) is 0 Å². The summed E-state index contributed by atoms with van der Waals surface area (Å²) in [7, 11) is 0. The van der Waals surface area contributed by atoms with Gasteiger partial charge in [-0.25, -0.2) is 0 Å². The van der Waals surface area contributed by atoms with Gasteiger partial charge in [0, 0.05) is 19.5 Å². The number of carboxylic acids is 1. The van der Waals surface area contributed by atoms with Crippen LogP contribution in [-0.2, 0) is 16.1 Å². The second-order valence-electron chi connectivity index (χ2n) is 3.73. The molecule has 1 aromatic rings. The van der Waals surface area contributed by atoms with Crippen molar-refractivity contribution in [3.8, 4) is 0 Å². The Morgan fingerprint density at radius 2 is 2.44 bits per heavy atom. The van der Waals surface area contributed by atoms with Gasteiger partial charge in [0.25, 0.3) is 0 Å². The van der Waals surface area contributed by atoms with Crippen molar-refractivity contribution >= 4 is 39.1 Å². The maximum atomic E-state index is 11.6. The Bertz CT molecular complexity index is 431. The van der Waals surface area contributed by atoms with Gasteiger partial charge in [-0.1, -0.05) is 0 Å². The Morgan fingerprint density at radius 1 is 1.69 bits per heavy atom. The van der Waals surface area contributed by atoms with Crippen LogP contribution in [-0.4, -0.2) is 28.4 Å². The zero-order chi connectivity index (χ0) is 11.7. The molecule has 1 aliphatic heterocycles. The predicted octanol–water partition coefficient (Wildman–Crippen LogP) is 1.94. The SMILES string of the molecule is O=C(O)C1CC(=O)N(Cc2ccsc2Br)C1. The Balaban J connectivity index is 2.04. The third-order valence-electron chi connectivity index (χ3n) is 2.62. The summed E-state index contributed by atoms with van der Waals surface area (Å²) in [6.07, 6.45) is 0.122. The van der Waals surface area contributed by atoms with Crippen molar-refractivity contribution in [2.75, 3.05) is 6.54 Å². The number of carbonyl (C=O) groups excluding carboxylic acids is 1. The van der Waals surface area contributed by atoms with Crippen molar-refractivity contribution in [2.24, 2.45) is 5.92 Å². The van der Waals surface area contributed by atoms with Gasteiger partial charge in [-0.2, -0.15) is 0 Å². The number of carbonyl (C=O) groups is 2. The van der Waals surface area contributed by atoms with E-state index in [0.29, 0.717) is 13.1 Å². The quantitative estimate of drug-likeness (QED) is 0.928. The lowest BCUT2D eigenvalue weighted by Gasteiger charge is -2.15. The highest BCUT2D eigenvalue weighted by atomic mass is 79.9. The summed E-state index contributed by atoms with van der Waals surface area (Å²) in [6, 6.07) is 1.94. The molecule has 0 bridgehead atoms. The van der Waals surface area contributed by atoms with Crippen molar-refractivity contribution in [1.29, 1.82) is 0 Å². The van der Waals surface area contributed by atoms with Gasteiger partial charge >= 0.3 is 5.97 Å². The van der Waals surface area contributed by atoms with Crippen molar-refractivity contribution in [2.45, 2.75) is 13.0 Å². The van der Waals surface area contributed by atoms with Crippen LogP contribution in [0.4, 0.5) is 0 Å². The van der Waals surface area contributed by atoms with E-state index in [1.807, 2.05) is 11.4 Å². The van der Waals surface area contributed by atoms with Gasteiger partial charge in [-0.3, -0.25) is 9.59 Å². The topological polar surface area (TPSA) is 57.6 Å². The molecule has 0 spiro atoms. The fourth-order valence-electron chi connectivity index (χ4n) is 1.73. The Hall–Kier alpha value is -0.880. The first kappa shape index (κ1) is 11.6. The number of halogens is 1. The number of amides is 1. The van der Waals surface area contributed by atoms with Crippen molar-refractivity contribution in [3.05, 3.63) is 20.8 Å². The molecule has 1 unspecified atom stereocenters. The Morgan fingerprint density at radius 3 is 2.94 bits per heavy atom. The maximum Gasteiger partial charge on any atom is 0.308 e. The third kappa shape index (κ3) is 2.27. The fourth-order valence-corrected chi connectivity index (χ4v) is 2.95. The lowest BCUT2D eigenvalue weighted by atomic mass is 10.1. The summed E-state index contributed by atoms with van der Waals surface area (Å²) in [6.45, 7) is 0.809. The first-order valence-corrected chi connectivity index (χ1v) is 6.47. The maximum absolute atomic E-state index is 11.6. The standard InChI is InChI=1S/C10H10BrNO3S/c11-9-6(1-2-16-9)4-12-5-7(10(14)15)3-8(12)13/h1-2,7H,3-5H2,(H,14,15). The number of rotatable bonds is 3. The minimum atomic E-state index is -0.889. The molecule has 1 aromatic heterocycles. The smallest absolute Gasteiger partial charge is 0.308 e. The van der Waals surface area contributed by atoms with E-state index in [4.69, 9.17) is 5.11 Å². The normalized spacial score (nSPS) is 20.4. The second kappa shape index (κ2) is 4.55. The van der Waals surface area contributed by atoms with E-state index in [9.17, 15) is 9.59 Å². The van der Waals surface area contributed by atoms with Crippen LogP contribution in [0.5, 0.6) is 0 Å². The number of carboxylic acid groups (broad SMARTS) is 1. The van der Waals surface area contributed by atoms with Gasteiger partial charge in [0.1, 0.15) is 0 Å². The Kier molecular flexibility index (Phi) is 3.30. The number of hydrogen-bond donors (Lipinski definition) is 1. The molecule has 4 nitrogen and oxygen atoms in total. The van der Waals surface area contributed by atoms with E-state index in [0.717, 1.165) is 9.35 Å². The summed E-state index contributed by atoms with van der Waals surface area (Å²) >= 11 is 4.96. The third-order valence-corrected chi connectivity index (χ3v) is 4.43. The van der Waals surface area contributed by atoms with Gasteiger partial charge in [-0.15, -0.1) is 11.3 Å².